The number of anilines is 1. The topological polar surface area (TPSA) is 73.1 Å². The number of alkyl halides is 8. The summed E-state index contributed by atoms with van der Waals surface area (Å²) in [7, 11) is 0. The van der Waals surface area contributed by atoms with Gasteiger partial charge < -0.3 is 10.2 Å². The van der Waals surface area contributed by atoms with Crippen molar-refractivity contribution in [2.75, 3.05) is 12.0 Å². The summed E-state index contributed by atoms with van der Waals surface area (Å²) >= 11 is 0. The monoisotopic (exact) mass is 326 g/mol. The summed E-state index contributed by atoms with van der Waals surface area (Å²) in [5.41, 5.74) is 1.67. The number of nitrogens with zero attached hydrogens (tertiary/aromatic N) is 2. The van der Waals surface area contributed by atoms with Crippen LogP contribution in [0.4, 0.5) is 40.9 Å². The Kier molecular flexibility index (Phi) is 4.45. The highest BCUT2D eigenvalue weighted by molar-refractivity contribution is 5.37. The number of hydrogen-bond donors (Lipinski definition) is 2. The predicted molar refractivity (Wildman–Crippen MR) is 51.3 cm³/mol. The summed E-state index contributed by atoms with van der Waals surface area (Å²) < 4.78 is 102. The molecule has 1 aromatic rings. The van der Waals surface area contributed by atoms with Crippen LogP contribution in [0.3, 0.4) is 0 Å². The summed E-state index contributed by atoms with van der Waals surface area (Å²) in [6.45, 7) is -2.24. The molecule has 5 nitrogen and oxygen atoms in total. The van der Waals surface area contributed by atoms with E-state index in [1.165, 1.54) is 0 Å². The standard InChI is InChI=1S/C8H6F8N4O/c9-6(10,8(14,15)16)2-21-4-1-3(20-17)18-5(19-4)7(11,12)13/h1H,2,17H2,(H,18,19,20). The Labute approximate surface area is 111 Å². The van der Waals surface area contributed by atoms with Crippen molar-refractivity contribution in [2.24, 2.45) is 5.84 Å². The number of hydrogen-bond acceptors (Lipinski definition) is 5. The first kappa shape index (κ1) is 17.1. The van der Waals surface area contributed by atoms with Crippen LogP contribution in [0.15, 0.2) is 6.07 Å². The van der Waals surface area contributed by atoms with E-state index in [9.17, 15) is 35.1 Å². The van der Waals surface area contributed by atoms with Crippen LogP contribution in [0.5, 0.6) is 5.88 Å². The molecule has 13 heteroatoms. The molecule has 1 rings (SSSR count). The maximum absolute atomic E-state index is 12.6. The smallest absolute Gasteiger partial charge is 0.456 e. The van der Waals surface area contributed by atoms with Gasteiger partial charge in [-0.15, -0.1) is 0 Å². The van der Waals surface area contributed by atoms with Crippen molar-refractivity contribution >= 4 is 5.82 Å². The van der Waals surface area contributed by atoms with Crippen molar-refractivity contribution in [3.05, 3.63) is 11.9 Å². The molecular formula is C8H6F8N4O. The fourth-order valence-corrected chi connectivity index (χ4v) is 0.946. The second-order valence-electron chi connectivity index (χ2n) is 3.55. The first-order chi connectivity index (χ1) is 9.37. The minimum absolute atomic E-state index is 0.529. The first-order valence-electron chi connectivity index (χ1n) is 4.87. The average Bonchev–Trinajstić information content (AvgIpc) is 2.33. The molecule has 0 aliphatic carbocycles. The van der Waals surface area contributed by atoms with E-state index in [2.05, 4.69) is 14.7 Å². The van der Waals surface area contributed by atoms with Crippen LogP contribution in [0, 0.1) is 0 Å². The Hall–Kier alpha value is -1.92. The molecule has 0 atom stereocenters. The maximum Gasteiger partial charge on any atom is 0.456 e. The summed E-state index contributed by atoms with van der Waals surface area (Å²) in [5, 5.41) is 0. The van der Waals surface area contributed by atoms with Gasteiger partial charge in [0.15, 0.2) is 6.61 Å². The molecule has 0 radical (unpaired) electrons. The predicted octanol–water partition coefficient (Wildman–Crippen LogP) is 2.36. The highest BCUT2D eigenvalue weighted by Crippen LogP contribution is 2.36. The van der Waals surface area contributed by atoms with Gasteiger partial charge in [-0.05, 0) is 0 Å². The third kappa shape index (κ3) is 4.27. The van der Waals surface area contributed by atoms with E-state index in [1.807, 2.05) is 0 Å². The summed E-state index contributed by atoms with van der Waals surface area (Å²) in [4.78, 5) is 5.54. The molecule has 0 aliphatic heterocycles. The minimum Gasteiger partial charge on any atom is -0.471 e. The largest absolute Gasteiger partial charge is 0.471 e. The van der Waals surface area contributed by atoms with Crippen molar-refractivity contribution in [3.8, 4) is 5.88 Å². The minimum atomic E-state index is -5.91. The second kappa shape index (κ2) is 5.46. The molecule has 0 unspecified atom stereocenters. The molecule has 0 spiro atoms. The van der Waals surface area contributed by atoms with Crippen LogP contribution < -0.4 is 16.0 Å². The normalized spacial score (nSPS) is 13.2. The van der Waals surface area contributed by atoms with Crippen LogP contribution in [0.1, 0.15) is 5.82 Å². The van der Waals surface area contributed by atoms with Gasteiger partial charge in [-0.2, -0.15) is 40.1 Å². The van der Waals surface area contributed by atoms with Crippen LogP contribution in [0.2, 0.25) is 0 Å². The Bertz CT molecular complexity index is 500. The molecule has 0 aromatic carbocycles. The first-order valence-corrected chi connectivity index (χ1v) is 4.87. The Morgan fingerprint density at radius 1 is 1.05 bits per heavy atom. The van der Waals surface area contributed by atoms with Crippen LogP contribution in [0.25, 0.3) is 0 Å². The van der Waals surface area contributed by atoms with Gasteiger partial charge in [-0.3, -0.25) is 0 Å². The number of ether oxygens (including phenoxy) is 1. The average molecular weight is 326 g/mol. The zero-order chi connectivity index (χ0) is 16.5. The van der Waals surface area contributed by atoms with Gasteiger partial charge >= 0.3 is 18.3 Å². The number of nitrogens with two attached hydrogens (primary N) is 1. The summed E-state index contributed by atoms with van der Waals surface area (Å²) in [6, 6.07) is 0.529. The fraction of sp³-hybridized carbons (Fsp3) is 0.500. The van der Waals surface area contributed by atoms with Gasteiger partial charge in [0, 0.05) is 6.07 Å². The summed E-state index contributed by atoms with van der Waals surface area (Å²) in [6.07, 6.45) is -11.0. The van der Waals surface area contributed by atoms with Crippen molar-refractivity contribution in [1.82, 2.24) is 9.97 Å². The van der Waals surface area contributed by atoms with Crippen LogP contribution in [-0.4, -0.2) is 28.7 Å². The van der Waals surface area contributed by atoms with Gasteiger partial charge in [0.25, 0.3) is 0 Å². The SMILES string of the molecule is NNc1cc(OCC(F)(F)C(F)(F)F)nc(C(F)(F)F)n1. The molecule has 0 fully saturated rings. The molecule has 0 amide bonds. The van der Waals surface area contributed by atoms with Crippen molar-refractivity contribution in [1.29, 1.82) is 0 Å². The fourth-order valence-electron chi connectivity index (χ4n) is 0.946. The van der Waals surface area contributed by atoms with Crippen LogP contribution >= 0.6 is 0 Å². The highest BCUT2D eigenvalue weighted by atomic mass is 19.4. The number of hydrazine groups is 1. The number of rotatable bonds is 4. The van der Waals surface area contributed by atoms with E-state index in [1.54, 1.807) is 5.43 Å². The van der Waals surface area contributed by atoms with Crippen LogP contribution in [-0.2, 0) is 6.18 Å². The second-order valence-corrected chi connectivity index (χ2v) is 3.55. The molecule has 0 saturated heterocycles. The molecule has 0 bridgehead atoms. The van der Waals surface area contributed by atoms with E-state index in [-0.39, 0.29) is 0 Å². The molecule has 0 saturated carbocycles. The van der Waals surface area contributed by atoms with E-state index in [4.69, 9.17) is 5.84 Å². The van der Waals surface area contributed by atoms with Crippen molar-refractivity contribution < 1.29 is 39.9 Å². The molecular weight excluding hydrogens is 320 g/mol. The van der Waals surface area contributed by atoms with E-state index >= 15 is 0 Å². The zero-order valence-electron chi connectivity index (χ0n) is 9.69. The van der Waals surface area contributed by atoms with E-state index in [0.29, 0.717) is 6.07 Å². The van der Waals surface area contributed by atoms with Gasteiger partial charge in [0.1, 0.15) is 5.82 Å². The molecule has 0 aliphatic rings. The lowest BCUT2D eigenvalue weighted by Gasteiger charge is -2.19. The van der Waals surface area contributed by atoms with Crippen molar-refractivity contribution in [2.45, 2.75) is 18.3 Å². The van der Waals surface area contributed by atoms with E-state index < -0.39 is 42.4 Å². The molecule has 3 N–H and O–H groups in total. The third-order valence-electron chi connectivity index (χ3n) is 1.92. The quantitative estimate of drug-likeness (QED) is 0.505. The lowest BCUT2D eigenvalue weighted by Crippen LogP contribution is -2.41. The molecule has 1 heterocycles. The summed E-state index contributed by atoms with van der Waals surface area (Å²) in [5.74, 6) is -4.11. The van der Waals surface area contributed by atoms with Gasteiger partial charge in [-0.25, -0.2) is 10.8 Å². The maximum atomic E-state index is 12.6. The van der Waals surface area contributed by atoms with Crippen molar-refractivity contribution in [3.63, 3.8) is 0 Å². The third-order valence-corrected chi connectivity index (χ3v) is 1.92. The lowest BCUT2D eigenvalue weighted by atomic mass is 10.3. The zero-order valence-corrected chi connectivity index (χ0v) is 9.69. The van der Waals surface area contributed by atoms with Gasteiger partial charge in [0.05, 0.1) is 0 Å². The number of nitrogen functional groups attached to an aromatic ring is 1. The van der Waals surface area contributed by atoms with E-state index in [0.717, 1.165) is 0 Å². The lowest BCUT2D eigenvalue weighted by molar-refractivity contribution is -0.290. The van der Waals surface area contributed by atoms with Gasteiger partial charge in [0.2, 0.25) is 11.7 Å². The number of aromatic nitrogens is 2. The molecule has 21 heavy (non-hydrogen) atoms. The Balaban J connectivity index is 2.99. The number of nitrogens with one attached hydrogen (secondary N) is 1. The molecule has 1 aromatic heterocycles. The Morgan fingerprint density at radius 2 is 1.62 bits per heavy atom. The molecule has 120 valence electrons. The highest BCUT2D eigenvalue weighted by Gasteiger charge is 2.58. The Morgan fingerprint density at radius 3 is 2.05 bits per heavy atom. The van der Waals surface area contributed by atoms with Gasteiger partial charge in [-0.1, -0.05) is 0 Å². The number of halogens is 8.